The maximum absolute atomic E-state index is 12.3. The van der Waals surface area contributed by atoms with Gasteiger partial charge in [0, 0.05) is 24.9 Å². The van der Waals surface area contributed by atoms with Crippen molar-refractivity contribution in [1.29, 1.82) is 0 Å². The molecule has 21 heavy (non-hydrogen) atoms. The molecular weight excluding hydrogens is 266 g/mol. The molecule has 0 saturated heterocycles. The molecule has 5 nitrogen and oxygen atoms in total. The fourth-order valence-corrected chi connectivity index (χ4v) is 3.08. The van der Waals surface area contributed by atoms with Gasteiger partial charge in [0.25, 0.3) is 0 Å². The van der Waals surface area contributed by atoms with Gasteiger partial charge >= 0.3 is 0 Å². The number of carbonyl (C=O) groups excluding carboxylic acids is 1. The summed E-state index contributed by atoms with van der Waals surface area (Å²) in [6.45, 7) is 0.867. The number of para-hydroxylation sites is 1. The lowest BCUT2D eigenvalue weighted by molar-refractivity contribution is -0.131. The lowest BCUT2D eigenvalue weighted by Crippen LogP contribution is -2.36. The molecule has 2 unspecified atom stereocenters. The molecule has 1 heterocycles. The maximum atomic E-state index is 12.3. The van der Waals surface area contributed by atoms with Gasteiger partial charge in [-0.25, -0.2) is 0 Å². The third-order valence-corrected chi connectivity index (χ3v) is 4.39. The van der Waals surface area contributed by atoms with Crippen LogP contribution >= 0.6 is 0 Å². The zero-order chi connectivity index (χ0) is 14.8. The van der Waals surface area contributed by atoms with Crippen molar-refractivity contribution in [3.05, 3.63) is 30.5 Å². The van der Waals surface area contributed by atoms with E-state index in [1.54, 1.807) is 22.8 Å². The highest BCUT2D eigenvalue weighted by Crippen LogP contribution is 2.26. The van der Waals surface area contributed by atoms with Crippen LogP contribution in [0.2, 0.25) is 0 Å². The van der Waals surface area contributed by atoms with Crippen molar-refractivity contribution in [1.82, 2.24) is 14.7 Å². The van der Waals surface area contributed by atoms with E-state index in [0.29, 0.717) is 6.54 Å². The Bertz CT molecular complexity index is 637. The summed E-state index contributed by atoms with van der Waals surface area (Å²) in [6.07, 6.45) is 4.44. The fraction of sp³-hybridized carbons (Fsp3) is 0.500. The molecule has 1 aromatic carbocycles. The van der Waals surface area contributed by atoms with Gasteiger partial charge in [-0.15, -0.1) is 0 Å². The zero-order valence-electron chi connectivity index (χ0n) is 12.3. The molecule has 1 fully saturated rings. The number of carbonyl (C=O) groups is 1. The van der Waals surface area contributed by atoms with E-state index in [-0.39, 0.29) is 24.5 Å². The quantitative estimate of drug-likeness (QED) is 0.930. The summed E-state index contributed by atoms with van der Waals surface area (Å²) >= 11 is 0. The number of aliphatic hydroxyl groups is 1. The highest BCUT2D eigenvalue weighted by Gasteiger charge is 2.27. The van der Waals surface area contributed by atoms with Crippen LogP contribution in [0.15, 0.2) is 30.5 Å². The third kappa shape index (κ3) is 2.93. The minimum Gasteiger partial charge on any atom is -0.393 e. The second-order valence-electron chi connectivity index (χ2n) is 5.89. The maximum Gasteiger partial charge on any atom is 0.244 e. The molecule has 2 aromatic rings. The highest BCUT2D eigenvalue weighted by molar-refractivity contribution is 5.81. The average molecular weight is 287 g/mol. The summed E-state index contributed by atoms with van der Waals surface area (Å²) in [5, 5.41) is 15.2. The molecule has 1 saturated carbocycles. The van der Waals surface area contributed by atoms with Gasteiger partial charge in [0.2, 0.25) is 5.91 Å². The van der Waals surface area contributed by atoms with Crippen LogP contribution in [0.5, 0.6) is 0 Å². The number of aliphatic hydroxyl groups excluding tert-OH is 1. The summed E-state index contributed by atoms with van der Waals surface area (Å²) in [5.41, 5.74) is 0.972. The molecule has 0 spiro atoms. The largest absolute Gasteiger partial charge is 0.393 e. The van der Waals surface area contributed by atoms with E-state index >= 15 is 0 Å². The van der Waals surface area contributed by atoms with Crippen LogP contribution in [0.4, 0.5) is 0 Å². The van der Waals surface area contributed by atoms with Gasteiger partial charge in [0.15, 0.2) is 0 Å². The Kier molecular flexibility index (Phi) is 3.92. The van der Waals surface area contributed by atoms with Crippen molar-refractivity contribution in [2.24, 2.45) is 5.92 Å². The van der Waals surface area contributed by atoms with E-state index < -0.39 is 0 Å². The van der Waals surface area contributed by atoms with Gasteiger partial charge in [-0.2, -0.15) is 5.10 Å². The molecule has 1 aliphatic carbocycles. The van der Waals surface area contributed by atoms with Crippen molar-refractivity contribution in [3.63, 3.8) is 0 Å². The van der Waals surface area contributed by atoms with Crippen molar-refractivity contribution < 1.29 is 9.90 Å². The first-order chi connectivity index (χ1) is 10.1. The van der Waals surface area contributed by atoms with Crippen molar-refractivity contribution >= 4 is 16.8 Å². The fourth-order valence-electron chi connectivity index (χ4n) is 3.08. The second-order valence-corrected chi connectivity index (χ2v) is 5.89. The Balaban J connectivity index is 1.65. The number of amides is 1. The highest BCUT2D eigenvalue weighted by atomic mass is 16.3. The first-order valence-corrected chi connectivity index (χ1v) is 7.48. The van der Waals surface area contributed by atoms with Gasteiger partial charge in [0.1, 0.15) is 6.54 Å². The predicted molar refractivity (Wildman–Crippen MR) is 80.7 cm³/mol. The molecule has 1 amide bonds. The molecular formula is C16H21N3O2. The topological polar surface area (TPSA) is 58.4 Å². The summed E-state index contributed by atoms with van der Waals surface area (Å²) in [4.78, 5) is 14.0. The minimum atomic E-state index is -0.259. The molecule has 0 aliphatic heterocycles. The number of nitrogens with zero attached hydrogens (tertiary/aromatic N) is 3. The summed E-state index contributed by atoms with van der Waals surface area (Å²) < 4.78 is 1.74. The molecule has 5 heteroatoms. The number of benzene rings is 1. The van der Waals surface area contributed by atoms with E-state index in [4.69, 9.17) is 0 Å². The van der Waals surface area contributed by atoms with E-state index in [1.165, 1.54) is 0 Å². The normalized spacial score (nSPS) is 21.8. The van der Waals surface area contributed by atoms with Crippen LogP contribution in [0, 0.1) is 5.92 Å². The van der Waals surface area contributed by atoms with Crippen LogP contribution in [0.25, 0.3) is 10.9 Å². The number of aromatic nitrogens is 2. The lowest BCUT2D eigenvalue weighted by Gasteiger charge is -2.23. The standard InChI is InChI=1S/C16H21N3O2/c1-18(10-13-6-4-8-15(13)20)16(21)11-19-14-7-3-2-5-12(14)9-17-19/h2-3,5,7,9,13,15,20H,4,6,8,10-11H2,1H3. The molecule has 2 atom stereocenters. The van der Waals surface area contributed by atoms with Crippen molar-refractivity contribution in [2.45, 2.75) is 31.9 Å². The van der Waals surface area contributed by atoms with Crippen LogP contribution in [-0.4, -0.2) is 45.4 Å². The van der Waals surface area contributed by atoms with E-state index in [2.05, 4.69) is 5.10 Å². The minimum absolute atomic E-state index is 0.0305. The first-order valence-electron chi connectivity index (χ1n) is 7.48. The van der Waals surface area contributed by atoms with Gasteiger partial charge in [0.05, 0.1) is 17.8 Å². The summed E-state index contributed by atoms with van der Waals surface area (Å²) in [5.74, 6) is 0.247. The molecule has 0 bridgehead atoms. The number of hydrogen-bond acceptors (Lipinski definition) is 3. The Hall–Kier alpha value is -1.88. The number of fused-ring (bicyclic) bond motifs is 1. The van der Waals surface area contributed by atoms with E-state index in [0.717, 1.165) is 30.2 Å². The van der Waals surface area contributed by atoms with Gasteiger partial charge in [-0.1, -0.05) is 24.6 Å². The van der Waals surface area contributed by atoms with Crippen molar-refractivity contribution in [3.8, 4) is 0 Å². The predicted octanol–water partition coefficient (Wildman–Crippen LogP) is 1.66. The Morgan fingerprint density at radius 1 is 1.43 bits per heavy atom. The third-order valence-electron chi connectivity index (χ3n) is 4.39. The summed E-state index contributed by atoms with van der Waals surface area (Å²) in [7, 11) is 1.80. The monoisotopic (exact) mass is 287 g/mol. The van der Waals surface area contributed by atoms with E-state index in [9.17, 15) is 9.90 Å². The van der Waals surface area contributed by atoms with Gasteiger partial charge < -0.3 is 10.0 Å². The zero-order valence-corrected chi connectivity index (χ0v) is 12.3. The molecule has 1 N–H and O–H groups in total. The molecule has 1 aromatic heterocycles. The SMILES string of the molecule is CN(CC1CCCC1O)C(=O)Cn1ncc2ccccc21. The van der Waals surface area contributed by atoms with Crippen LogP contribution < -0.4 is 0 Å². The van der Waals surface area contributed by atoms with Crippen molar-refractivity contribution in [2.75, 3.05) is 13.6 Å². The number of likely N-dealkylation sites (N-methyl/N-ethyl adjacent to an activating group) is 1. The van der Waals surface area contributed by atoms with Gasteiger partial charge in [-0.3, -0.25) is 9.48 Å². The molecule has 112 valence electrons. The van der Waals surface area contributed by atoms with E-state index in [1.807, 2.05) is 24.3 Å². The van der Waals surface area contributed by atoms with Crippen LogP contribution in [0.3, 0.4) is 0 Å². The van der Waals surface area contributed by atoms with Crippen LogP contribution in [0.1, 0.15) is 19.3 Å². The first kappa shape index (κ1) is 14.1. The molecule has 1 aliphatic rings. The smallest absolute Gasteiger partial charge is 0.244 e. The molecule has 3 rings (SSSR count). The molecule has 0 radical (unpaired) electrons. The Morgan fingerprint density at radius 3 is 3.00 bits per heavy atom. The van der Waals surface area contributed by atoms with Gasteiger partial charge in [-0.05, 0) is 18.9 Å². The lowest BCUT2D eigenvalue weighted by atomic mass is 10.1. The Morgan fingerprint density at radius 2 is 2.24 bits per heavy atom. The number of rotatable bonds is 4. The second kappa shape index (κ2) is 5.85. The summed E-state index contributed by atoms with van der Waals surface area (Å²) in [6, 6.07) is 7.87. The Labute approximate surface area is 124 Å². The average Bonchev–Trinajstić information content (AvgIpc) is 3.07. The van der Waals surface area contributed by atoms with Crippen LogP contribution in [-0.2, 0) is 11.3 Å². The number of hydrogen-bond donors (Lipinski definition) is 1.